The SMILES string of the molecule is COc1cc(/C(=C(/CC(=O)O)C(=O)O)c2ccc3c(c2)OCO3)cc(OC)c1OC. The summed E-state index contributed by atoms with van der Waals surface area (Å²) in [5.41, 5.74) is 0.687. The Morgan fingerprint density at radius 3 is 2.07 bits per heavy atom. The second kappa shape index (κ2) is 8.64. The zero-order chi connectivity index (χ0) is 21.8. The molecule has 3 rings (SSSR count). The monoisotopic (exact) mass is 416 g/mol. The van der Waals surface area contributed by atoms with Crippen molar-refractivity contribution in [3.05, 3.63) is 47.0 Å². The van der Waals surface area contributed by atoms with E-state index in [2.05, 4.69) is 0 Å². The van der Waals surface area contributed by atoms with Gasteiger partial charge in [-0.3, -0.25) is 4.79 Å². The van der Waals surface area contributed by atoms with Crippen molar-refractivity contribution in [2.75, 3.05) is 28.1 Å². The fraction of sp³-hybridized carbons (Fsp3) is 0.238. The molecule has 0 bridgehead atoms. The van der Waals surface area contributed by atoms with Gasteiger partial charge in [-0.05, 0) is 35.4 Å². The van der Waals surface area contributed by atoms with Gasteiger partial charge in [0.2, 0.25) is 12.5 Å². The van der Waals surface area contributed by atoms with Gasteiger partial charge in [-0.1, -0.05) is 6.07 Å². The summed E-state index contributed by atoms with van der Waals surface area (Å²) in [5.74, 6) is -0.785. The maximum absolute atomic E-state index is 12.0. The van der Waals surface area contributed by atoms with Crippen LogP contribution in [0.2, 0.25) is 0 Å². The molecular formula is C21H20O9. The molecule has 1 aliphatic heterocycles. The molecule has 2 N–H and O–H groups in total. The number of methoxy groups -OCH3 is 3. The highest BCUT2D eigenvalue weighted by Crippen LogP contribution is 2.43. The van der Waals surface area contributed by atoms with Crippen LogP contribution in [0.1, 0.15) is 17.5 Å². The highest BCUT2D eigenvalue weighted by molar-refractivity contribution is 6.04. The smallest absolute Gasteiger partial charge is 0.332 e. The maximum atomic E-state index is 12.0. The van der Waals surface area contributed by atoms with Crippen molar-refractivity contribution in [3.8, 4) is 28.7 Å². The minimum Gasteiger partial charge on any atom is -0.493 e. The Bertz CT molecular complexity index is 998. The lowest BCUT2D eigenvalue weighted by atomic mass is 9.90. The Kier molecular flexibility index (Phi) is 6.01. The third-order valence-electron chi connectivity index (χ3n) is 4.50. The van der Waals surface area contributed by atoms with Gasteiger partial charge in [0.15, 0.2) is 23.0 Å². The molecule has 2 aromatic carbocycles. The van der Waals surface area contributed by atoms with Gasteiger partial charge < -0.3 is 33.9 Å². The average molecular weight is 416 g/mol. The molecule has 0 amide bonds. The minimum absolute atomic E-state index is 0.0446. The van der Waals surface area contributed by atoms with E-state index < -0.39 is 18.4 Å². The van der Waals surface area contributed by atoms with Crippen LogP contribution < -0.4 is 23.7 Å². The van der Waals surface area contributed by atoms with E-state index in [-0.39, 0.29) is 17.9 Å². The van der Waals surface area contributed by atoms with Crippen molar-refractivity contribution < 1.29 is 43.5 Å². The summed E-state index contributed by atoms with van der Waals surface area (Å²) >= 11 is 0. The van der Waals surface area contributed by atoms with Gasteiger partial charge in [-0.15, -0.1) is 0 Å². The van der Waals surface area contributed by atoms with E-state index in [9.17, 15) is 19.8 Å². The molecule has 1 aliphatic rings. The molecule has 9 heteroatoms. The number of ether oxygens (including phenoxy) is 5. The van der Waals surface area contributed by atoms with Crippen molar-refractivity contribution in [1.82, 2.24) is 0 Å². The number of hydrogen-bond acceptors (Lipinski definition) is 7. The Morgan fingerprint density at radius 2 is 1.53 bits per heavy atom. The molecule has 2 aromatic rings. The highest BCUT2D eigenvalue weighted by atomic mass is 16.7. The Morgan fingerprint density at radius 1 is 0.900 bits per heavy atom. The van der Waals surface area contributed by atoms with E-state index in [1.54, 1.807) is 30.3 Å². The molecule has 0 fully saturated rings. The van der Waals surface area contributed by atoms with Gasteiger partial charge in [-0.25, -0.2) is 4.79 Å². The van der Waals surface area contributed by atoms with Gasteiger partial charge in [-0.2, -0.15) is 0 Å². The van der Waals surface area contributed by atoms with Crippen LogP contribution in [0.25, 0.3) is 5.57 Å². The predicted molar refractivity (Wildman–Crippen MR) is 105 cm³/mol. The van der Waals surface area contributed by atoms with Crippen molar-refractivity contribution in [2.24, 2.45) is 0 Å². The van der Waals surface area contributed by atoms with E-state index in [0.717, 1.165) is 0 Å². The zero-order valence-electron chi connectivity index (χ0n) is 16.6. The summed E-state index contributed by atoms with van der Waals surface area (Å²) in [5, 5.41) is 19.1. The molecule has 0 saturated carbocycles. The summed E-state index contributed by atoms with van der Waals surface area (Å²) in [6.07, 6.45) is -0.699. The van der Waals surface area contributed by atoms with E-state index in [1.165, 1.54) is 21.3 Å². The van der Waals surface area contributed by atoms with Gasteiger partial charge in [0, 0.05) is 5.57 Å². The number of fused-ring (bicyclic) bond motifs is 1. The Hall–Kier alpha value is -3.88. The minimum atomic E-state index is -1.36. The summed E-state index contributed by atoms with van der Waals surface area (Å²) in [7, 11) is 4.31. The number of carbonyl (C=O) groups is 2. The number of carboxylic acids is 2. The normalized spacial score (nSPS) is 12.8. The molecule has 0 spiro atoms. The second-order valence-electron chi connectivity index (χ2n) is 6.21. The van der Waals surface area contributed by atoms with Gasteiger partial charge in [0.25, 0.3) is 0 Å². The van der Waals surface area contributed by atoms with Crippen molar-refractivity contribution in [1.29, 1.82) is 0 Å². The number of benzene rings is 2. The molecule has 0 aliphatic carbocycles. The number of carboxylic acid groups (broad SMARTS) is 2. The van der Waals surface area contributed by atoms with Gasteiger partial charge >= 0.3 is 11.9 Å². The summed E-state index contributed by atoms with van der Waals surface area (Å²) in [6.45, 7) is 0.0446. The lowest BCUT2D eigenvalue weighted by Gasteiger charge is -2.18. The van der Waals surface area contributed by atoms with E-state index in [1.807, 2.05) is 0 Å². The first-order valence-corrected chi connectivity index (χ1v) is 8.78. The first-order chi connectivity index (χ1) is 14.4. The van der Waals surface area contributed by atoms with Crippen LogP contribution in [0, 0.1) is 0 Å². The number of hydrogen-bond donors (Lipinski definition) is 2. The maximum Gasteiger partial charge on any atom is 0.332 e. The van der Waals surface area contributed by atoms with Crippen molar-refractivity contribution in [2.45, 2.75) is 6.42 Å². The summed E-state index contributed by atoms with van der Waals surface area (Å²) in [4.78, 5) is 23.4. The van der Waals surface area contributed by atoms with Crippen LogP contribution in [0.15, 0.2) is 35.9 Å². The standard InChI is InChI=1S/C21H20O9/c1-26-16-7-12(8-17(27-2)20(16)28-3)19(13(21(24)25)9-18(22)23)11-4-5-14-15(6-11)30-10-29-14/h4-8H,9-10H2,1-3H3,(H,22,23)(H,24,25)/b19-13-. The van der Waals surface area contributed by atoms with Gasteiger partial charge in [0.05, 0.1) is 33.3 Å². The molecule has 0 unspecified atom stereocenters. The zero-order valence-corrected chi connectivity index (χ0v) is 16.6. The second-order valence-corrected chi connectivity index (χ2v) is 6.21. The van der Waals surface area contributed by atoms with E-state index >= 15 is 0 Å². The van der Waals surface area contributed by atoms with Crippen LogP contribution in [0.5, 0.6) is 28.7 Å². The van der Waals surface area contributed by atoms with Crippen LogP contribution in [0.4, 0.5) is 0 Å². The topological polar surface area (TPSA) is 121 Å². The molecule has 9 nitrogen and oxygen atoms in total. The largest absolute Gasteiger partial charge is 0.493 e. The number of rotatable bonds is 8. The lowest BCUT2D eigenvalue weighted by molar-refractivity contribution is -0.139. The number of aliphatic carboxylic acids is 2. The third kappa shape index (κ3) is 3.95. The van der Waals surface area contributed by atoms with E-state index in [0.29, 0.717) is 39.9 Å². The first-order valence-electron chi connectivity index (χ1n) is 8.78. The average Bonchev–Trinajstić information content (AvgIpc) is 3.20. The molecular weight excluding hydrogens is 396 g/mol. The van der Waals surface area contributed by atoms with Crippen LogP contribution >= 0.6 is 0 Å². The molecule has 30 heavy (non-hydrogen) atoms. The fourth-order valence-corrected chi connectivity index (χ4v) is 3.21. The molecule has 0 aromatic heterocycles. The summed E-state index contributed by atoms with van der Waals surface area (Å²) in [6, 6.07) is 8.00. The molecule has 0 atom stereocenters. The fourth-order valence-electron chi connectivity index (χ4n) is 3.21. The van der Waals surface area contributed by atoms with Gasteiger partial charge in [0.1, 0.15) is 0 Å². The molecule has 0 saturated heterocycles. The van der Waals surface area contributed by atoms with Crippen LogP contribution in [-0.2, 0) is 9.59 Å². The summed E-state index contributed by atoms with van der Waals surface area (Å²) < 4.78 is 26.8. The van der Waals surface area contributed by atoms with Crippen molar-refractivity contribution in [3.63, 3.8) is 0 Å². The first kappa shape index (κ1) is 20.8. The quantitative estimate of drug-likeness (QED) is 0.626. The molecule has 158 valence electrons. The molecule has 1 heterocycles. The molecule has 0 radical (unpaired) electrons. The third-order valence-corrected chi connectivity index (χ3v) is 4.50. The predicted octanol–water partition coefficient (Wildman–Crippen LogP) is 2.80. The van der Waals surface area contributed by atoms with Crippen LogP contribution in [0.3, 0.4) is 0 Å². The lowest BCUT2D eigenvalue weighted by Crippen LogP contribution is -2.11. The Balaban J connectivity index is 2.32. The van der Waals surface area contributed by atoms with E-state index in [4.69, 9.17) is 23.7 Å². The Labute approximate surface area is 172 Å². The van der Waals surface area contributed by atoms with Crippen molar-refractivity contribution >= 4 is 17.5 Å². The van der Waals surface area contributed by atoms with Crippen LogP contribution in [-0.4, -0.2) is 50.3 Å². The highest BCUT2D eigenvalue weighted by Gasteiger charge is 2.25.